The summed E-state index contributed by atoms with van der Waals surface area (Å²) in [6.45, 7) is 5.59. The van der Waals surface area contributed by atoms with Gasteiger partial charge in [0.2, 0.25) is 5.91 Å². The summed E-state index contributed by atoms with van der Waals surface area (Å²) in [5, 5.41) is 0. The molecule has 4 nitrogen and oxygen atoms in total. The Bertz CT molecular complexity index is 275. The molecule has 18 heavy (non-hydrogen) atoms. The van der Waals surface area contributed by atoms with Crippen LogP contribution >= 0.6 is 12.4 Å². The lowest BCUT2D eigenvalue weighted by Gasteiger charge is -2.36. The molecule has 2 aliphatic rings. The summed E-state index contributed by atoms with van der Waals surface area (Å²) in [5.41, 5.74) is 5.94. The highest BCUT2D eigenvalue weighted by atomic mass is 35.5. The molecule has 0 aliphatic carbocycles. The van der Waals surface area contributed by atoms with Crippen LogP contribution in [0.1, 0.15) is 39.0 Å². The maximum absolute atomic E-state index is 12.2. The molecule has 2 aliphatic heterocycles. The van der Waals surface area contributed by atoms with Crippen molar-refractivity contribution in [3.8, 4) is 0 Å². The minimum absolute atomic E-state index is 0. The van der Waals surface area contributed by atoms with Gasteiger partial charge in [0.05, 0.1) is 6.54 Å². The van der Waals surface area contributed by atoms with E-state index in [2.05, 4.69) is 16.7 Å². The average Bonchev–Trinajstić information content (AvgIpc) is 2.29. The number of piperidine rings is 2. The van der Waals surface area contributed by atoms with Crippen LogP contribution in [0.3, 0.4) is 0 Å². The quantitative estimate of drug-likeness (QED) is 0.825. The summed E-state index contributed by atoms with van der Waals surface area (Å²) in [6, 6.07) is 0.685. The molecule has 5 heteroatoms. The number of amides is 1. The van der Waals surface area contributed by atoms with E-state index >= 15 is 0 Å². The number of carbonyl (C=O) groups is 1. The lowest BCUT2D eigenvalue weighted by molar-refractivity contribution is -0.135. The Balaban J connectivity index is 0.00000162. The standard InChI is InChI=1S/C13H25N3O.ClH/c1-11-5-2-3-8-16(11)13(17)10-15-7-4-6-12(14)9-15;/h11-12H,2-10,14H2,1H3;1H. The third kappa shape index (κ3) is 4.11. The third-order valence-corrected chi connectivity index (χ3v) is 4.02. The highest BCUT2D eigenvalue weighted by Gasteiger charge is 2.26. The molecule has 0 saturated carbocycles. The highest BCUT2D eigenvalue weighted by molar-refractivity contribution is 5.85. The van der Waals surface area contributed by atoms with Gasteiger partial charge < -0.3 is 10.6 Å². The van der Waals surface area contributed by atoms with Gasteiger partial charge in [0.15, 0.2) is 0 Å². The minimum atomic E-state index is 0. The number of nitrogens with two attached hydrogens (primary N) is 1. The smallest absolute Gasteiger partial charge is 0.236 e. The molecule has 0 spiro atoms. The number of carbonyl (C=O) groups excluding carboxylic acids is 1. The zero-order valence-electron chi connectivity index (χ0n) is 11.3. The van der Waals surface area contributed by atoms with E-state index < -0.39 is 0 Å². The van der Waals surface area contributed by atoms with Crippen LogP contribution in [-0.2, 0) is 4.79 Å². The fourth-order valence-corrected chi connectivity index (χ4v) is 2.99. The highest BCUT2D eigenvalue weighted by Crippen LogP contribution is 2.17. The summed E-state index contributed by atoms with van der Waals surface area (Å²) in [6.07, 6.45) is 5.81. The molecule has 2 fully saturated rings. The van der Waals surface area contributed by atoms with Gasteiger partial charge in [-0.2, -0.15) is 0 Å². The summed E-state index contributed by atoms with van der Waals surface area (Å²) in [5.74, 6) is 0.298. The molecular formula is C13H26ClN3O. The van der Waals surface area contributed by atoms with Crippen molar-refractivity contribution in [1.82, 2.24) is 9.80 Å². The van der Waals surface area contributed by atoms with Gasteiger partial charge in [-0.1, -0.05) is 0 Å². The Morgan fingerprint density at radius 2 is 2.00 bits per heavy atom. The summed E-state index contributed by atoms with van der Waals surface area (Å²) < 4.78 is 0. The monoisotopic (exact) mass is 275 g/mol. The van der Waals surface area contributed by atoms with Gasteiger partial charge in [0.25, 0.3) is 0 Å². The Morgan fingerprint density at radius 3 is 2.67 bits per heavy atom. The predicted octanol–water partition coefficient (Wildman–Crippen LogP) is 1.23. The van der Waals surface area contributed by atoms with Crippen molar-refractivity contribution in [2.45, 2.75) is 51.1 Å². The van der Waals surface area contributed by atoms with Crippen molar-refractivity contribution < 1.29 is 4.79 Å². The molecule has 0 radical (unpaired) electrons. The fourth-order valence-electron chi connectivity index (χ4n) is 2.99. The van der Waals surface area contributed by atoms with Crippen LogP contribution < -0.4 is 5.73 Å². The lowest BCUT2D eigenvalue weighted by Crippen LogP contribution is -2.50. The molecule has 0 aromatic carbocycles. The van der Waals surface area contributed by atoms with E-state index in [1.807, 2.05) is 0 Å². The van der Waals surface area contributed by atoms with E-state index in [-0.39, 0.29) is 18.4 Å². The number of rotatable bonds is 2. The first-order chi connectivity index (χ1) is 8.16. The summed E-state index contributed by atoms with van der Waals surface area (Å²) >= 11 is 0. The van der Waals surface area contributed by atoms with Crippen molar-refractivity contribution in [3.05, 3.63) is 0 Å². The second-order valence-corrected chi connectivity index (χ2v) is 5.57. The number of nitrogens with zero attached hydrogens (tertiary/aromatic N) is 2. The van der Waals surface area contributed by atoms with Crippen LogP contribution in [-0.4, -0.2) is 54.0 Å². The Hall–Kier alpha value is -0.320. The average molecular weight is 276 g/mol. The van der Waals surface area contributed by atoms with E-state index in [1.165, 1.54) is 6.42 Å². The van der Waals surface area contributed by atoms with Crippen molar-refractivity contribution in [2.75, 3.05) is 26.2 Å². The zero-order valence-corrected chi connectivity index (χ0v) is 12.1. The van der Waals surface area contributed by atoms with Crippen LogP contribution in [0.5, 0.6) is 0 Å². The van der Waals surface area contributed by atoms with E-state index in [0.29, 0.717) is 18.5 Å². The van der Waals surface area contributed by atoms with Crippen LogP contribution in [0.4, 0.5) is 0 Å². The second kappa shape index (κ2) is 7.31. The van der Waals surface area contributed by atoms with Gasteiger partial charge in [-0.15, -0.1) is 12.4 Å². The Labute approximate surface area is 116 Å². The first kappa shape index (κ1) is 15.7. The van der Waals surface area contributed by atoms with Gasteiger partial charge in [-0.05, 0) is 45.6 Å². The van der Waals surface area contributed by atoms with Crippen molar-refractivity contribution in [3.63, 3.8) is 0 Å². The van der Waals surface area contributed by atoms with Gasteiger partial charge >= 0.3 is 0 Å². The molecule has 106 valence electrons. The minimum Gasteiger partial charge on any atom is -0.339 e. The maximum Gasteiger partial charge on any atom is 0.236 e. The predicted molar refractivity (Wildman–Crippen MR) is 75.9 cm³/mol. The SMILES string of the molecule is CC1CCCCN1C(=O)CN1CCCC(N)C1.Cl. The number of hydrogen-bond acceptors (Lipinski definition) is 3. The van der Waals surface area contributed by atoms with Crippen molar-refractivity contribution in [2.24, 2.45) is 5.73 Å². The molecule has 0 aromatic rings. The normalized spacial score (nSPS) is 29.8. The molecule has 1 amide bonds. The summed E-state index contributed by atoms with van der Waals surface area (Å²) in [4.78, 5) is 16.5. The topological polar surface area (TPSA) is 49.6 Å². The van der Waals surface area contributed by atoms with Crippen molar-refractivity contribution >= 4 is 18.3 Å². The van der Waals surface area contributed by atoms with Gasteiger partial charge in [-0.3, -0.25) is 9.69 Å². The maximum atomic E-state index is 12.2. The van der Waals surface area contributed by atoms with Gasteiger partial charge in [-0.25, -0.2) is 0 Å². The molecule has 0 bridgehead atoms. The second-order valence-electron chi connectivity index (χ2n) is 5.57. The largest absolute Gasteiger partial charge is 0.339 e. The van der Waals surface area contributed by atoms with E-state index in [9.17, 15) is 4.79 Å². The van der Waals surface area contributed by atoms with E-state index in [4.69, 9.17) is 5.73 Å². The number of likely N-dealkylation sites (tertiary alicyclic amines) is 2. The molecule has 2 unspecified atom stereocenters. The molecule has 2 atom stereocenters. The lowest BCUT2D eigenvalue weighted by atomic mass is 10.0. The van der Waals surface area contributed by atoms with Crippen LogP contribution in [0.2, 0.25) is 0 Å². The van der Waals surface area contributed by atoms with Crippen LogP contribution in [0.25, 0.3) is 0 Å². The molecule has 2 N–H and O–H groups in total. The number of hydrogen-bond donors (Lipinski definition) is 1. The first-order valence-electron chi connectivity index (χ1n) is 6.94. The van der Waals surface area contributed by atoms with Crippen LogP contribution in [0.15, 0.2) is 0 Å². The van der Waals surface area contributed by atoms with Crippen LogP contribution in [0, 0.1) is 0 Å². The van der Waals surface area contributed by atoms with Gasteiger partial charge in [0.1, 0.15) is 0 Å². The Kier molecular flexibility index (Phi) is 6.39. The number of halogens is 1. The summed E-state index contributed by atoms with van der Waals surface area (Å²) in [7, 11) is 0. The third-order valence-electron chi connectivity index (χ3n) is 4.02. The molecular weight excluding hydrogens is 250 g/mol. The van der Waals surface area contributed by atoms with Gasteiger partial charge in [0, 0.05) is 25.2 Å². The molecule has 2 saturated heterocycles. The van der Waals surface area contributed by atoms with E-state index in [1.54, 1.807) is 0 Å². The Morgan fingerprint density at radius 1 is 1.22 bits per heavy atom. The molecule has 0 aromatic heterocycles. The van der Waals surface area contributed by atoms with E-state index in [0.717, 1.165) is 45.3 Å². The fraction of sp³-hybridized carbons (Fsp3) is 0.923. The molecule has 2 heterocycles. The molecule has 2 rings (SSSR count). The van der Waals surface area contributed by atoms with Crippen molar-refractivity contribution in [1.29, 1.82) is 0 Å². The zero-order chi connectivity index (χ0) is 12.3. The first-order valence-corrected chi connectivity index (χ1v) is 6.94.